The minimum absolute atomic E-state index is 0.156. The van der Waals surface area contributed by atoms with Gasteiger partial charge in [-0.05, 0) is 48.3 Å². The largest absolute Gasteiger partial charge is 0.331 e. The van der Waals surface area contributed by atoms with Gasteiger partial charge in [0.05, 0.1) is 22.8 Å². The summed E-state index contributed by atoms with van der Waals surface area (Å²) in [6.07, 6.45) is 0. The summed E-state index contributed by atoms with van der Waals surface area (Å²) in [6.45, 7) is 1.89. The number of aromatic amines is 1. The molecule has 2 aromatic heterocycles. The Hall–Kier alpha value is -2.23. The Morgan fingerprint density at radius 3 is 2.95 bits per heavy atom. The van der Waals surface area contributed by atoms with Gasteiger partial charge in [0.2, 0.25) is 0 Å². The normalized spacial score (nSPS) is 10.6. The lowest BCUT2D eigenvalue weighted by molar-refractivity contribution is 0.933. The van der Waals surface area contributed by atoms with Crippen LogP contribution in [0.15, 0.2) is 34.4 Å². The van der Waals surface area contributed by atoms with E-state index in [9.17, 15) is 4.79 Å². The van der Waals surface area contributed by atoms with E-state index in [1.54, 1.807) is 12.1 Å². The van der Waals surface area contributed by atoms with Gasteiger partial charge in [-0.3, -0.25) is 9.36 Å². The smallest absolute Gasteiger partial charge is 0.276 e. The van der Waals surface area contributed by atoms with Gasteiger partial charge in [-0.1, -0.05) is 6.07 Å². The number of nitrogens with zero attached hydrogens (tertiary/aromatic N) is 2. The van der Waals surface area contributed by atoms with Crippen LogP contribution < -0.4 is 5.56 Å². The van der Waals surface area contributed by atoms with Crippen molar-refractivity contribution < 1.29 is 0 Å². The van der Waals surface area contributed by atoms with E-state index in [0.717, 1.165) is 11.1 Å². The van der Waals surface area contributed by atoms with E-state index >= 15 is 0 Å². The molecule has 3 aromatic rings. The number of benzene rings is 1. The molecule has 1 aromatic carbocycles. The van der Waals surface area contributed by atoms with Gasteiger partial charge in [0.25, 0.3) is 5.56 Å². The van der Waals surface area contributed by atoms with Gasteiger partial charge in [0, 0.05) is 0 Å². The van der Waals surface area contributed by atoms with Crippen LogP contribution in [-0.4, -0.2) is 9.55 Å². The third-order valence-corrected chi connectivity index (χ3v) is 4.27. The van der Waals surface area contributed by atoms with Gasteiger partial charge < -0.3 is 4.98 Å². The zero-order chi connectivity index (χ0) is 14.3. The highest BCUT2D eigenvalue weighted by atomic mass is 32.1. The number of H-pyrrole nitrogens is 1. The van der Waals surface area contributed by atoms with Crippen molar-refractivity contribution in [3.05, 3.63) is 55.9 Å². The number of hydrogen-bond acceptors (Lipinski definition) is 4. The number of hydrogen-bond donors (Lipinski definition) is 1. The molecule has 3 rings (SSSR count). The zero-order valence-electron chi connectivity index (χ0n) is 10.5. The van der Waals surface area contributed by atoms with E-state index in [1.165, 1.54) is 15.9 Å². The maximum atomic E-state index is 12.6. The van der Waals surface area contributed by atoms with Crippen molar-refractivity contribution in [1.29, 1.82) is 5.26 Å². The lowest BCUT2D eigenvalue weighted by Crippen LogP contribution is -2.20. The number of rotatable bonds is 1. The summed E-state index contributed by atoms with van der Waals surface area (Å²) in [6, 6.07) is 9.13. The number of aromatic nitrogens is 2. The van der Waals surface area contributed by atoms with Crippen LogP contribution in [0.2, 0.25) is 0 Å². The molecular weight excluding hydrogens is 290 g/mol. The molecule has 0 atom stereocenters. The van der Waals surface area contributed by atoms with Crippen LogP contribution in [-0.2, 0) is 0 Å². The lowest BCUT2D eigenvalue weighted by Gasteiger charge is -2.09. The highest BCUT2D eigenvalue weighted by molar-refractivity contribution is 7.71. The van der Waals surface area contributed by atoms with Gasteiger partial charge in [-0.2, -0.15) is 5.26 Å². The predicted molar refractivity (Wildman–Crippen MR) is 82.1 cm³/mol. The Morgan fingerprint density at radius 1 is 1.40 bits per heavy atom. The maximum Gasteiger partial charge on any atom is 0.276 e. The van der Waals surface area contributed by atoms with Crippen molar-refractivity contribution in [3.63, 3.8) is 0 Å². The zero-order valence-corrected chi connectivity index (χ0v) is 12.1. The summed E-state index contributed by atoms with van der Waals surface area (Å²) in [4.78, 5) is 15.6. The Bertz CT molecular complexity index is 972. The number of thiophene rings is 1. The van der Waals surface area contributed by atoms with E-state index in [2.05, 4.69) is 11.1 Å². The summed E-state index contributed by atoms with van der Waals surface area (Å²) in [5.41, 5.74) is 2.62. The summed E-state index contributed by atoms with van der Waals surface area (Å²) < 4.78 is 2.41. The van der Waals surface area contributed by atoms with Crippen molar-refractivity contribution >= 4 is 33.8 Å². The van der Waals surface area contributed by atoms with Gasteiger partial charge in [0.1, 0.15) is 4.70 Å². The van der Waals surface area contributed by atoms with E-state index < -0.39 is 0 Å². The van der Waals surface area contributed by atoms with Crippen LogP contribution in [0.3, 0.4) is 0 Å². The maximum absolute atomic E-state index is 12.6. The molecule has 6 heteroatoms. The molecule has 0 amide bonds. The molecule has 0 unspecified atom stereocenters. The van der Waals surface area contributed by atoms with Crippen molar-refractivity contribution in [2.45, 2.75) is 6.92 Å². The van der Waals surface area contributed by atoms with Crippen LogP contribution in [0, 0.1) is 23.0 Å². The Labute approximate surface area is 123 Å². The molecule has 98 valence electrons. The molecule has 0 aliphatic rings. The van der Waals surface area contributed by atoms with E-state index in [-0.39, 0.29) is 5.56 Å². The Kier molecular flexibility index (Phi) is 3.01. The first kappa shape index (κ1) is 12.8. The summed E-state index contributed by atoms with van der Waals surface area (Å²) in [5, 5.41) is 10.9. The first-order valence-corrected chi connectivity index (χ1v) is 7.14. The number of fused-ring (bicyclic) bond motifs is 1. The van der Waals surface area contributed by atoms with Crippen LogP contribution in [0.25, 0.3) is 15.9 Å². The molecule has 0 spiro atoms. The molecule has 2 heterocycles. The molecule has 0 bridgehead atoms. The third-order valence-electron chi connectivity index (χ3n) is 3.09. The summed E-state index contributed by atoms with van der Waals surface area (Å²) in [7, 11) is 0. The molecule has 0 fully saturated rings. The quantitative estimate of drug-likeness (QED) is 0.701. The highest BCUT2D eigenvalue weighted by Gasteiger charge is 2.11. The molecule has 20 heavy (non-hydrogen) atoms. The Balaban J connectivity index is 2.44. The molecule has 0 aliphatic heterocycles. The second-order valence-electron chi connectivity index (χ2n) is 4.35. The van der Waals surface area contributed by atoms with E-state index in [0.29, 0.717) is 20.7 Å². The minimum atomic E-state index is -0.156. The standard InChI is InChI=1S/C14H9N3OS2/c1-8-2-3-9(7-15)6-11(8)17-13(18)12-10(4-5-20-12)16-14(17)19/h2-6H,1H3,(H,16,19). The number of nitrogens with one attached hydrogen (secondary N) is 1. The van der Waals surface area contributed by atoms with Gasteiger partial charge in [-0.15, -0.1) is 11.3 Å². The average Bonchev–Trinajstić information content (AvgIpc) is 2.89. The van der Waals surface area contributed by atoms with Crippen LogP contribution in [0.5, 0.6) is 0 Å². The fourth-order valence-electron chi connectivity index (χ4n) is 2.08. The third kappa shape index (κ3) is 1.88. The van der Waals surface area contributed by atoms with Crippen LogP contribution in [0.4, 0.5) is 0 Å². The number of aryl methyl sites for hydroxylation is 1. The van der Waals surface area contributed by atoms with Crippen molar-refractivity contribution in [2.75, 3.05) is 0 Å². The summed E-state index contributed by atoms with van der Waals surface area (Å²) >= 11 is 6.65. The second-order valence-corrected chi connectivity index (χ2v) is 5.65. The fraction of sp³-hybridized carbons (Fsp3) is 0.0714. The van der Waals surface area contributed by atoms with Crippen molar-refractivity contribution in [2.24, 2.45) is 0 Å². The molecule has 4 nitrogen and oxygen atoms in total. The van der Waals surface area contributed by atoms with Crippen LogP contribution >= 0.6 is 23.6 Å². The molecule has 0 saturated carbocycles. The van der Waals surface area contributed by atoms with E-state index in [4.69, 9.17) is 17.5 Å². The van der Waals surface area contributed by atoms with E-state index in [1.807, 2.05) is 24.4 Å². The fourth-order valence-corrected chi connectivity index (χ4v) is 3.15. The molecule has 1 N–H and O–H groups in total. The average molecular weight is 299 g/mol. The molecule has 0 aliphatic carbocycles. The first-order chi connectivity index (χ1) is 9.61. The Morgan fingerprint density at radius 2 is 2.20 bits per heavy atom. The second kappa shape index (κ2) is 4.71. The monoisotopic (exact) mass is 299 g/mol. The highest BCUT2D eigenvalue weighted by Crippen LogP contribution is 2.18. The van der Waals surface area contributed by atoms with Gasteiger partial charge >= 0.3 is 0 Å². The lowest BCUT2D eigenvalue weighted by atomic mass is 10.1. The molecule has 0 radical (unpaired) electrons. The van der Waals surface area contributed by atoms with Crippen molar-refractivity contribution in [1.82, 2.24) is 9.55 Å². The SMILES string of the molecule is Cc1ccc(C#N)cc1-n1c(=S)[nH]c2ccsc2c1=O. The van der Waals surface area contributed by atoms with Crippen LogP contribution in [0.1, 0.15) is 11.1 Å². The number of nitriles is 1. The molecular formula is C14H9N3OS2. The predicted octanol–water partition coefficient (Wildman–Crippen LogP) is 3.29. The van der Waals surface area contributed by atoms with Gasteiger partial charge in [0.15, 0.2) is 4.77 Å². The van der Waals surface area contributed by atoms with Crippen molar-refractivity contribution in [3.8, 4) is 11.8 Å². The molecule has 0 saturated heterocycles. The minimum Gasteiger partial charge on any atom is -0.331 e. The first-order valence-electron chi connectivity index (χ1n) is 5.85. The van der Waals surface area contributed by atoms with Gasteiger partial charge in [-0.25, -0.2) is 0 Å². The topological polar surface area (TPSA) is 61.6 Å². The summed E-state index contributed by atoms with van der Waals surface area (Å²) in [5.74, 6) is 0.